The van der Waals surface area contributed by atoms with E-state index in [0.717, 1.165) is 44.2 Å². The van der Waals surface area contributed by atoms with Crippen molar-refractivity contribution in [1.29, 1.82) is 0 Å². The standard InChI is InChI=1S/C35H51BrN6O4Si2/c1-35(13-12-24-8-9-25-19-27(36)33(37)40-28(25)18-24)20-26(31(43)32(35)44)29-10-11-30-34(38-21-39-42(29)30)41(22-45-14-16-47(2,3)4)23-46-15-17-48(5,6)7/h8-11,18-21,31-32,43-44H,12-17,22-23H2,1-7H3,(H2,37,40)/t31-,32-,35-/m0/s1. The summed E-state index contributed by atoms with van der Waals surface area (Å²) in [5.74, 6) is 1.15. The summed E-state index contributed by atoms with van der Waals surface area (Å²) in [6, 6.07) is 14.2. The lowest BCUT2D eigenvalue weighted by Gasteiger charge is -2.28. The maximum absolute atomic E-state index is 11.4. The number of hydrogen-bond acceptors (Lipinski definition) is 9. The second-order valence-corrected chi connectivity index (χ2v) is 27.8. The van der Waals surface area contributed by atoms with E-state index in [4.69, 9.17) is 15.2 Å². The molecule has 5 rings (SSSR count). The van der Waals surface area contributed by atoms with E-state index >= 15 is 0 Å². The molecule has 4 N–H and O–H groups in total. The van der Waals surface area contributed by atoms with Crippen molar-refractivity contribution in [3.63, 3.8) is 0 Å². The van der Waals surface area contributed by atoms with Gasteiger partial charge in [-0.3, -0.25) is 0 Å². The average Bonchev–Trinajstić information content (AvgIpc) is 3.54. The molecular formula is C35H51BrN6O4Si2. The number of anilines is 2. The number of benzene rings is 1. The molecule has 3 aromatic heterocycles. The number of aliphatic hydroxyl groups excluding tert-OH is 2. The fourth-order valence-corrected chi connectivity index (χ4v) is 7.77. The molecule has 0 amide bonds. The fourth-order valence-electron chi connectivity index (χ4n) is 5.92. The molecule has 0 saturated heterocycles. The van der Waals surface area contributed by atoms with E-state index in [1.54, 1.807) is 4.52 Å². The van der Waals surface area contributed by atoms with E-state index < -0.39 is 33.8 Å². The Morgan fingerprint density at radius 1 is 0.979 bits per heavy atom. The van der Waals surface area contributed by atoms with Crippen molar-refractivity contribution < 1.29 is 19.7 Å². The summed E-state index contributed by atoms with van der Waals surface area (Å²) in [5.41, 5.74) is 9.43. The smallest absolute Gasteiger partial charge is 0.160 e. The minimum Gasteiger partial charge on any atom is -0.389 e. The van der Waals surface area contributed by atoms with Gasteiger partial charge in [0, 0.05) is 45.7 Å². The van der Waals surface area contributed by atoms with Crippen LogP contribution in [0, 0.1) is 5.41 Å². The van der Waals surface area contributed by atoms with E-state index in [-0.39, 0.29) is 0 Å². The predicted molar refractivity (Wildman–Crippen MR) is 204 cm³/mol. The normalized spacial score (nSPS) is 20.2. The van der Waals surface area contributed by atoms with Gasteiger partial charge in [-0.25, -0.2) is 14.5 Å². The van der Waals surface area contributed by atoms with Gasteiger partial charge in [0.25, 0.3) is 0 Å². The van der Waals surface area contributed by atoms with Crippen LogP contribution in [0.4, 0.5) is 11.6 Å². The zero-order valence-electron chi connectivity index (χ0n) is 29.3. The second kappa shape index (κ2) is 14.7. The van der Waals surface area contributed by atoms with Crippen molar-refractivity contribution >= 4 is 65.7 Å². The first kappa shape index (κ1) is 36.6. The van der Waals surface area contributed by atoms with Gasteiger partial charge in [-0.15, -0.1) is 0 Å². The van der Waals surface area contributed by atoms with E-state index in [1.165, 1.54) is 6.33 Å². The molecule has 3 atom stereocenters. The van der Waals surface area contributed by atoms with Gasteiger partial charge in [-0.2, -0.15) is 5.10 Å². The average molecular weight is 756 g/mol. The Morgan fingerprint density at radius 2 is 1.65 bits per heavy atom. The minimum absolute atomic E-state index is 0.348. The molecule has 10 nitrogen and oxygen atoms in total. The summed E-state index contributed by atoms with van der Waals surface area (Å²) in [4.78, 5) is 11.2. The number of aryl methyl sites for hydroxylation is 1. The highest BCUT2D eigenvalue weighted by Crippen LogP contribution is 2.44. The summed E-state index contributed by atoms with van der Waals surface area (Å²) in [6.07, 6.45) is 2.83. The Morgan fingerprint density at radius 3 is 2.29 bits per heavy atom. The molecule has 1 aliphatic carbocycles. The first-order valence-corrected chi connectivity index (χ1v) is 24.9. The molecule has 0 spiro atoms. The molecule has 0 saturated carbocycles. The van der Waals surface area contributed by atoms with Crippen LogP contribution in [0.2, 0.25) is 51.4 Å². The number of fused-ring (bicyclic) bond motifs is 2. The number of pyridine rings is 1. The number of ether oxygens (including phenoxy) is 2. The topological polar surface area (TPSA) is 131 Å². The molecule has 0 fully saturated rings. The highest BCUT2D eigenvalue weighted by atomic mass is 79.9. The number of aliphatic hydroxyl groups is 2. The first-order valence-electron chi connectivity index (χ1n) is 16.7. The quantitative estimate of drug-likeness (QED) is 0.0681. The van der Waals surface area contributed by atoms with Crippen LogP contribution >= 0.6 is 15.9 Å². The maximum Gasteiger partial charge on any atom is 0.160 e. The Balaban J connectivity index is 1.37. The third kappa shape index (κ3) is 8.73. The fraction of sp³-hybridized carbons (Fsp3) is 0.514. The number of hydrogen-bond donors (Lipinski definition) is 3. The zero-order chi connectivity index (χ0) is 34.9. The number of aromatic nitrogens is 4. The SMILES string of the molecule is C[C@]1(CCc2ccc3cc(Br)c(N)nc3c2)C=C(c2ccc3c(N(COCC[Si](C)(C)C)COCC[Si](C)(C)C)ncnn23)[C@H](O)[C@@H]1O. The van der Waals surface area contributed by atoms with Crippen LogP contribution in [0.3, 0.4) is 0 Å². The Hall–Kier alpha value is -2.66. The number of halogens is 1. The lowest BCUT2D eigenvalue weighted by Crippen LogP contribution is -2.35. The lowest BCUT2D eigenvalue weighted by molar-refractivity contribution is -0.00256. The summed E-state index contributed by atoms with van der Waals surface area (Å²) < 4.78 is 14.9. The van der Waals surface area contributed by atoms with Crippen LogP contribution in [-0.4, -0.2) is 84.8 Å². The molecule has 3 heterocycles. The van der Waals surface area contributed by atoms with Crippen LogP contribution in [-0.2, 0) is 15.9 Å². The van der Waals surface area contributed by atoms with Crippen LogP contribution in [0.25, 0.3) is 22.0 Å². The third-order valence-corrected chi connectivity index (χ3v) is 13.2. The van der Waals surface area contributed by atoms with Gasteiger partial charge >= 0.3 is 0 Å². The highest BCUT2D eigenvalue weighted by Gasteiger charge is 2.44. The number of rotatable bonds is 15. The number of nitrogen functional groups attached to an aromatic ring is 1. The van der Waals surface area contributed by atoms with Gasteiger partial charge in [0.1, 0.15) is 37.2 Å². The molecule has 13 heteroatoms. The van der Waals surface area contributed by atoms with Gasteiger partial charge in [0.15, 0.2) is 5.82 Å². The molecule has 0 aliphatic heterocycles. The van der Waals surface area contributed by atoms with Crippen molar-refractivity contribution in [2.24, 2.45) is 5.41 Å². The van der Waals surface area contributed by atoms with E-state index in [2.05, 4.69) is 76.3 Å². The van der Waals surface area contributed by atoms with Crippen molar-refractivity contribution in [1.82, 2.24) is 19.6 Å². The van der Waals surface area contributed by atoms with Crippen molar-refractivity contribution in [2.45, 2.75) is 83.3 Å². The summed E-state index contributed by atoms with van der Waals surface area (Å²) in [6.45, 7) is 18.1. The van der Waals surface area contributed by atoms with Crippen molar-refractivity contribution in [3.8, 4) is 0 Å². The van der Waals surface area contributed by atoms with Gasteiger partial charge in [-0.05, 0) is 70.7 Å². The summed E-state index contributed by atoms with van der Waals surface area (Å²) in [7, 11) is -2.48. The predicted octanol–water partition coefficient (Wildman–Crippen LogP) is 6.81. The molecule has 1 aliphatic rings. The molecule has 4 aromatic rings. The molecule has 0 radical (unpaired) electrons. The maximum atomic E-state index is 11.4. The zero-order valence-corrected chi connectivity index (χ0v) is 32.9. The van der Waals surface area contributed by atoms with Crippen LogP contribution < -0.4 is 10.6 Å². The molecule has 0 bridgehead atoms. The molecule has 260 valence electrons. The lowest BCUT2D eigenvalue weighted by atomic mass is 9.81. The monoisotopic (exact) mass is 754 g/mol. The summed E-state index contributed by atoms with van der Waals surface area (Å²) >= 11 is 3.45. The highest BCUT2D eigenvalue weighted by molar-refractivity contribution is 9.10. The largest absolute Gasteiger partial charge is 0.389 e. The van der Waals surface area contributed by atoms with Crippen LogP contribution in [0.15, 0.2) is 53.3 Å². The molecule has 48 heavy (non-hydrogen) atoms. The van der Waals surface area contributed by atoms with Crippen molar-refractivity contribution in [3.05, 3.63) is 64.5 Å². The molecule has 0 unspecified atom stereocenters. The molecular weight excluding hydrogens is 704 g/mol. The Bertz CT molecular complexity index is 1750. The van der Waals surface area contributed by atoms with Crippen molar-refractivity contribution in [2.75, 3.05) is 37.3 Å². The molecule has 1 aromatic carbocycles. The van der Waals surface area contributed by atoms with E-state index in [0.29, 0.717) is 56.7 Å². The van der Waals surface area contributed by atoms with Gasteiger partial charge in [0.05, 0.1) is 21.8 Å². The second-order valence-electron chi connectivity index (χ2n) is 15.7. The minimum atomic E-state index is -1.24. The van der Waals surface area contributed by atoms with Gasteiger partial charge in [-0.1, -0.05) is 64.4 Å². The van der Waals surface area contributed by atoms with Crippen LogP contribution in [0.5, 0.6) is 0 Å². The number of nitrogens with two attached hydrogens (primary N) is 1. The third-order valence-electron chi connectivity index (χ3n) is 9.11. The van der Waals surface area contributed by atoms with E-state index in [9.17, 15) is 10.2 Å². The Labute approximate surface area is 294 Å². The first-order chi connectivity index (χ1) is 22.5. The van der Waals surface area contributed by atoms with Gasteiger partial charge in [0.2, 0.25) is 0 Å². The summed E-state index contributed by atoms with van der Waals surface area (Å²) in [5, 5.41) is 28.3. The van der Waals surface area contributed by atoms with E-state index in [1.807, 2.05) is 48.2 Å². The Kier molecular flexibility index (Phi) is 11.2. The van der Waals surface area contributed by atoms with Crippen LogP contribution in [0.1, 0.15) is 24.6 Å². The van der Waals surface area contributed by atoms with Gasteiger partial charge < -0.3 is 30.3 Å². The number of nitrogens with zero attached hydrogens (tertiary/aromatic N) is 5.